The van der Waals surface area contributed by atoms with Gasteiger partial charge in [0.1, 0.15) is 18.3 Å². The SMILES string of the molecule is CC[C@@H](C)NC(=O)[C@@H](Cc1ccccc1)N(Cc1ccccc1Cl)C(=O)CN(c1cccc(OC)c1)S(=O)(=O)c1ccccc1. The lowest BCUT2D eigenvalue weighted by Gasteiger charge is -2.34. The number of benzene rings is 4. The molecule has 0 aliphatic rings. The number of anilines is 1. The third-order valence-electron chi connectivity index (χ3n) is 7.52. The number of hydrogen-bond acceptors (Lipinski definition) is 5. The number of ether oxygens (including phenoxy) is 1. The van der Waals surface area contributed by atoms with Crippen molar-refractivity contribution in [1.82, 2.24) is 10.2 Å². The first kappa shape index (κ1) is 33.6. The smallest absolute Gasteiger partial charge is 0.264 e. The van der Waals surface area contributed by atoms with Gasteiger partial charge in [0.15, 0.2) is 0 Å². The molecule has 0 aliphatic heterocycles. The van der Waals surface area contributed by atoms with E-state index >= 15 is 0 Å². The molecule has 0 fully saturated rings. The molecule has 8 nitrogen and oxygen atoms in total. The molecule has 0 unspecified atom stereocenters. The van der Waals surface area contributed by atoms with Crippen molar-refractivity contribution in [3.05, 3.63) is 125 Å². The van der Waals surface area contributed by atoms with E-state index in [0.717, 1.165) is 9.87 Å². The predicted octanol–water partition coefficient (Wildman–Crippen LogP) is 6.10. The van der Waals surface area contributed by atoms with E-state index in [1.807, 2.05) is 44.2 Å². The predicted molar refractivity (Wildman–Crippen MR) is 178 cm³/mol. The number of carbonyl (C=O) groups excluding carboxylic acids is 2. The van der Waals surface area contributed by atoms with Crippen LogP contribution in [0.2, 0.25) is 5.02 Å². The molecule has 0 aromatic heterocycles. The Balaban J connectivity index is 1.82. The third-order valence-corrected chi connectivity index (χ3v) is 9.68. The standard InChI is InChI=1S/C35H38ClN3O5S/c1-4-26(2)37-35(41)33(22-27-14-7-5-8-15-27)38(24-28-16-11-12-21-32(28)36)34(40)25-39(29-17-13-18-30(23-29)44-3)45(42,43)31-19-9-6-10-20-31/h5-21,23,26,33H,4,22,24-25H2,1-3H3,(H,37,41)/t26-,33-/m1/s1. The van der Waals surface area contributed by atoms with Gasteiger partial charge in [0.2, 0.25) is 11.8 Å². The topological polar surface area (TPSA) is 96.0 Å². The molecule has 0 heterocycles. The molecule has 45 heavy (non-hydrogen) atoms. The summed E-state index contributed by atoms with van der Waals surface area (Å²) in [7, 11) is -2.73. The van der Waals surface area contributed by atoms with Gasteiger partial charge in [-0.15, -0.1) is 0 Å². The highest BCUT2D eigenvalue weighted by Gasteiger charge is 2.35. The second-order valence-corrected chi connectivity index (χ2v) is 12.9. The van der Waals surface area contributed by atoms with Crippen molar-refractivity contribution < 1.29 is 22.7 Å². The van der Waals surface area contributed by atoms with E-state index in [2.05, 4.69) is 5.32 Å². The summed E-state index contributed by atoms with van der Waals surface area (Å²) < 4.78 is 34.6. The average molecular weight is 648 g/mol. The zero-order chi connectivity index (χ0) is 32.4. The van der Waals surface area contributed by atoms with Crippen LogP contribution < -0.4 is 14.4 Å². The Morgan fingerprint density at radius 2 is 1.53 bits per heavy atom. The molecule has 0 spiro atoms. The molecule has 0 aliphatic carbocycles. The Labute approximate surface area is 270 Å². The minimum Gasteiger partial charge on any atom is -0.497 e. The number of rotatable bonds is 14. The first-order valence-electron chi connectivity index (χ1n) is 14.7. The van der Waals surface area contributed by atoms with Crippen molar-refractivity contribution in [3.8, 4) is 5.75 Å². The summed E-state index contributed by atoms with van der Waals surface area (Å²) in [4.78, 5) is 29.9. The highest BCUT2D eigenvalue weighted by molar-refractivity contribution is 7.92. The van der Waals surface area contributed by atoms with Crippen molar-refractivity contribution in [3.63, 3.8) is 0 Å². The third kappa shape index (κ3) is 8.65. The monoisotopic (exact) mass is 647 g/mol. The Morgan fingerprint density at radius 3 is 2.18 bits per heavy atom. The molecule has 4 rings (SSSR count). The van der Waals surface area contributed by atoms with Gasteiger partial charge in [0, 0.05) is 30.1 Å². The minimum absolute atomic E-state index is 0.0126. The molecule has 0 radical (unpaired) electrons. The summed E-state index contributed by atoms with van der Waals surface area (Å²) >= 11 is 6.55. The number of nitrogens with zero attached hydrogens (tertiary/aromatic N) is 2. The van der Waals surface area contributed by atoms with Crippen LogP contribution in [0.15, 0.2) is 114 Å². The summed E-state index contributed by atoms with van der Waals surface area (Å²) in [5.41, 5.74) is 1.72. The molecule has 0 saturated carbocycles. The Kier molecular flexibility index (Phi) is 11.6. The van der Waals surface area contributed by atoms with Crippen molar-refractivity contribution in [1.29, 1.82) is 0 Å². The van der Waals surface area contributed by atoms with Gasteiger partial charge in [-0.1, -0.05) is 91.3 Å². The quantitative estimate of drug-likeness (QED) is 0.179. The van der Waals surface area contributed by atoms with Gasteiger partial charge in [-0.3, -0.25) is 13.9 Å². The average Bonchev–Trinajstić information content (AvgIpc) is 3.06. The van der Waals surface area contributed by atoms with E-state index in [4.69, 9.17) is 16.3 Å². The summed E-state index contributed by atoms with van der Waals surface area (Å²) in [6.07, 6.45) is 0.908. The lowest BCUT2D eigenvalue weighted by Crippen LogP contribution is -2.54. The Bertz CT molecular complexity index is 1690. The van der Waals surface area contributed by atoms with Crippen LogP contribution >= 0.6 is 11.6 Å². The lowest BCUT2D eigenvalue weighted by molar-refractivity contribution is -0.140. The van der Waals surface area contributed by atoms with E-state index in [1.165, 1.54) is 24.1 Å². The van der Waals surface area contributed by atoms with Gasteiger partial charge in [-0.25, -0.2) is 8.42 Å². The van der Waals surface area contributed by atoms with Crippen LogP contribution in [0.1, 0.15) is 31.4 Å². The second kappa shape index (κ2) is 15.6. The van der Waals surface area contributed by atoms with Crippen LogP contribution in [-0.2, 0) is 32.6 Å². The lowest BCUT2D eigenvalue weighted by atomic mass is 10.0. The first-order chi connectivity index (χ1) is 21.6. The fourth-order valence-electron chi connectivity index (χ4n) is 4.82. The van der Waals surface area contributed by atoms with Crippen LogP contribution in [0, 0.1) is 0 Å². The van der Waals surface area contributed by atoms with E-state index in [-0.39, 0.29) is 35.5 Å². The maximum Gasteiger partial charge on any atom is 0.264 e. The number of carbonyl (C=O) groups is 2. The second-order valence-electron chi connectivity index (χ2n) is 10.7. The number of amides is 2. The van der Waals surface area contributed by atoms with Crippen LogP contribution in [0.25, 0.3) is 0 Å². The summed E-state index contributed by atoms with van der Waals surface area (Å²) in [5.74, 6) is -0.485. The highest BCUT2D eigenvalue weighted by atomic mass is 35.5. The van der Waals surface area contributed by atoms with Crippen LogP contribution in [-0.4, -0.2) is 50.9 Å². The highest BCUT2D eigenvalue weighted by Crippen LogP contribution is 2.28. The van der Waals surface area contributed by atoms with Crippen molar-refractivity contribution in [2.24, 2.45) is 0 Å². The number of nitrogens with one attached hydrogen (secondary N) is 1. The van der Waals surface area contributed by atoms with E-state index in [1.54, 1.807) is 66.7 Å². The molecule has 2 atom stereocenters. The van der Waals surface area contributed by atoms with E-state index in [9.17, 15) is 18.0 Å². The van der Waals surface area contributed by atoms with E-state index < -0.39 is 28.5 Å². The van der Waals surface area contributed by atoms with E-state index in [0.29, 0.717) is 22.8 Å². The Morgan fingerprint density at radius 1 is 0.889 bits per heavy atom. The summed E-state index contributed by atoms with van der Waals surface area (Å²) in [6, 6.07) is 29.8. The largest absolute Gasteiger partial charge is 0.497 e. The van der Waals surface area contributed by atoms with Crippen molar-refractivity contribution in [2.45, 2.75) is 50.2 Å². The molecular weight excluding hydrogens is 610 g/mol. The fourth-order valence-corrected chi connectivity index (χ4v) is 6.44. The number of hydrogen-bond donors (Lipinski definition) is 1. The van der Waals surface area contributed by atoms with Gasteiger partial charge in [-0.2, -0.15) is 0 Å². The van der Waals surface area contributed by atoms with Crippen LogP contribution in [0.4, 0.5) is 5.69 Å². The molecule has 4 aromatic rings. The van der Waals surface area contributed by atoms with Gasteiger partial charge >= 0.3 is 0 Å². The fraction of sp³-hybridized carbons (Fsp3) is 0.257. The molecule has 2 amide bonds. The molecular formula is C35H38ClN3O5S. The summed E-state index contributed by atoms with van der Waals surface area (Å²) in [6.45, 7) is 3.27. The van der Waals surface area contributed by atoms with Crippen LogP contribution in [0.5, 0.6) is 5.75 Å². The molecule has 4 aromatic carbocycles. The van der Waals surface area contributed by atoms with Crippen LogP contribution in [0.3, 0.4) is 0 Å². The summed E-state index contributed by atoms with van der Waals surface area (Å²) in [5, 5.41) is 3.46. The van der Waals surface area contributed by atoms with Gasteiger partial charge in [0.25, 0.3) is 10.0 Å². The number of halogens is 1. The zero-order valence-corrected chi connectivity index (χ0v) is 27.2. The zero-order valence-electron chi connectivity index (χ0n) is 25.6. The van der Waals surface area contributed by atoms with Crippen molar-refractivity contribution in [2.75, 3.05) is 18.0 Å². The van der Waals surface area contributed by atoms with Gasteiger partial charge < -0.3 is 15.0 Å². The first-order valence-corrected chi connectivity index (χ1v) is 16.5. The van der Waals surface area contributed by atoms with Crippen molar-refractivity contribution >= 4 is 39.1 Å². The number of sulfonamides is 1. The molecule has 10 heteroatoms. The maximum atomic E-state index is 14.5. The normalized spacial score (nSPS) is 12.5. The molecule has 0 bridgehead atoms. The van der Waals surface area contributed by atoms with Gasteiger partial charge in [0.05, 0.1) is 17.7 Å². The maximum absolute atomic E-state index is 14.5. The molecule has 1 N–H and O–H groups in total. The molecule has 236 valence electrons. The Hall–Kier alpha value is -4.34. The number of methoxy groups -OCH3 is 1. The minimum atomic E-state index is -4.21. The molecule has 0 saturated heterocycles. The van der Waals surface area contributed by atoms with Gasteiger partial charge in [-0.05, 0) is 54.8 Å².